The van der Waals surface area contributed by atoms with Crippen LogP contribution in [0.2, 0.25) is 0 Å². The quantitative estimate of drug-likeness (QED) is 0.618. The summed E-state index contributed by atoms with van der Waals surface area (Å²) in [4.78, 5) is 40.5. The average molecular weight is 361 g/mol. The summed E-state index contributed by atoms with van der Waals surface area (Å²) in [5, 5.41) is 9.92. The second-order valence-electron chi connectivity index (χ2n) is 8.98. The van der Waals surface area contributed by atoms with Gasteiger partial charge in [0, 0.05) is 12.5 Å². The second-order valence-corrected chi connectivity index (χ2v) is 8.98. The molecule has 2 aliphatic carbocycles. The van der Waals surface area contributed by atoms with E-state index in [1.807, 2.05) is 13.8 Å². The number of ketones is 2. The molecule has 1 saturated heterocycles. The van der Waals surface area contributed by atoms with E-state index in [-0.39, 0.29) is 17.6 Å². The number of allylic oxidation sites excluding steroid dienone is 2. The standard InChI is InChI=1S/C21H31NO4/c1-11-6-9-15-14(10-11)8-7-12(2)21(15,4)19(25)16-18(24)17(13(3)23)22(5)20(16)26/h7-8,11-17,23H,6,9-10H2,1-5H3/t11-,12-,13+,14+,15-,16+,17-,21-/m0/s1. The van der Waals surface area contributed by atoms with Crippen LogP contribution in [0.3, 0.4) is 0 Å². The van der Waals surface area contributed by atoms with Gasteiger partial charge >= 0.3 is 0 Å². The normalized spacial score (nSPS) is 44.2. The number of carbonyl (C=O) groups excluding carboxylic acids is 3. The van der Waals surface area contributed by atoms with Gasteiger partial charge in [0.05, 0.1) is 6.10 Å². The van der Waals surface area contributed by atoms with Gasteiger partial charge in [-0.3, -0.25) is 14.4 Å². The topological polar surface area (TPSA) is 74.7 Å². The molecular formula is C21H31NO4. The summed E-state index contributed by atoms with van der Waals surface area (Å²) in [6.07, 6.45) is 6.44. The Morgan fingerprint density at radius 3 is 2.50 bits per heavy atom. The van der Waals surface area contributed by atoms with Crippen molar-refractivity contribution in [3.63, 3.8) is 0 Å². The van der Waals surface area contributed by atoms with Gasteiger partial charge in [-0.1, -0.05) is 39.3 Å². The summed E-state index contributed by atoms with van der Waals surface area (Å²) >= 11 is 0. The van der Waals surface area contributed by atoms with E-state index in [4.69, 9.17) is 0 Å². The summed E-state index contributed by atoms with van der Waals surface area (Å²) in [6, 6.07) is -0.920. The van der Waals surface area contributed by atoms with Crippen LogP contribution in [-0.4, -0.2) is 46.7 Å². The van der Waals surface area contributed by atoms with E-state index in [9.17, 15) is 19.5 Å². The van der Waals surface area contributed by atoms with Crippen molar-refractivity contribution in [3.05, 3.63) is 12.2 Å². The van der Waals surface area contributed by atoms with Crippen molar-refractivity contribution in [2.45, 2.75) is 59.1 Å². The van der Waals surface area contributed by atoms with Gasteiger partial charge in [0.25, 0.3) is 0 Å². The lowest BCUT2D eigenvalue weighted by Gasteiger charge is -2.50. The third kappa shape index (κ3) is 2.67. The van der Waals surface area contributed by atoms with E-state index < -0.39 is 35.2 Å². The number of likely N-dealkylation sites (N-methyl/N-ethyl adjacent to an activating group) is 1. The highest BCUT2D eigenvalue weighted by Crippen LogP contribution is 2.53. The highest BCUT2D eigenvalue weighted by atomic mass is 16.3. The number of rotatable bonds is 3. The smallest absolute Gasteiger partial charge is 0.241 e. The first kappa shape index (κ1) is 19.3. The van der Waals surface area contributed by atoms with Crippen molar-refractivity contribution in [1.29, 1.82) is 0 Å². The number of aliphatic hydroxyl groups is 1. The Kier molecular flexibility index (Phi) is 4.89. The maximum absolute atomic E-state index is 13.6. The fourth-order valence-corrected chi connectivity index (χ4v) is 5.57. The molecule has 5 nitrogen and oxygen atoms in total. The summed E-state index contributed by atoms with van der Waals surface area (Å²) in [5.74, 6) is -1.29. The van der Waals surface area contributed by atoms with Crippen LogP contribution in [-0.2, 0) is 14.4 Å². The van der Waals surface area contributed by atoms with Crippen LogP contribution in [0.5, 0.6) is 0 Å². The fraction of sp³-hybridized carbons (Fsp3) is 0.762. The molecule has 0 aromatic heterocycles. The lowest BCUT2D eigenvalue weighted by atomic mass is 9.53. The monoisotopic (exact) mass is 361 g/mol. The first-order valence-electron chi connectivity index (χ1n) is 9.81. The number of hydrogen-bond donors (Lipinski definition) is 1. The van der Waals surface area contributed by atoms with E-state index >= 15 is 0 Å². The van der Waals surface area contributed by atoms with Gasteiger partial charge < -0.3 is 10.0 Å². The number of aliphatic hydroxyl groups excluding tert-OH is 1. The van der Waals surface area contributed by atoms with Crippen molar-refractivity contribution in [3.8, 4) is 0 Å². The number of likely N-dealkylation sites (tertiary alicyclic amines) is 1. The van der Waals surface area contributed by atoms with Crippen LogP contribution in [0.25, 0.3) is 0 Å². The molecule has 3 rings (SSSR count). The van der Waals surface area contributed by atoms with Gasteiger partial charge in [-0.05, 0) is 43.4 Å². The minimum Gasteiger partial charge on any atom is -0.391 e. The number of Topliss-reactive ketones (excluding diaryl/α,β-unsaturated/α-hetero) is 2. The molecule has 0 radical (unpaired) electrons. The SMILES string of the molecule is C[C@H]1CC[C@H]2[C@H](C=C[C@H](C)[C@]2(C)C(=O)[C@H]2C(=O)[C@H]([C@@H](C)O)N(C)C2=O)C1. The van der Waals surface area contributed by atoms with Crippen molar-refractivity contribution >= 4 is 17.5 Å². The van der Waals surface area contributed by atoms with E-state index in [0.29, 0.717) is 11.8 Å². The average Bonchev–Trinajstić information content (AvgIpc) is 2.79. The number of nitrogens with zero attached hydrogens (tertiary/aromatic N) is 1. The Balaban J connectivity index is 1.96. The zero-order valence-corrected chi connectivity index (χ0v) is 16.4. The lowest BCUT2D eigenvalue weighted by molar-refractivity contribution is -0.148. The van der Waals surface area contributed by atoms with Crippen LogP contribution in [0.4, 0.5) is 0 Å². The summed E-state index contributed by atoms with van der Waals surface area (Å²) in [5.41, 5.74) is -0.718. The largest absolute Gasteiger partial charge is 0.391 e. The van der Waals surface area contributed by atoms with Gasteiger partial charge in [0.1, 0.15) is 6.04 Å². The van der Waals surface area contributed by atoms with Crippen LogP contribution in [0.1, 0.15) is 47.0 Å². The minimum absolute atomic E-state index is 0.0128. The Bertz CT molecular complexity index is 654. The molecule has 1 amide bonds. The molecule has 0 aromatic carbocycles. The van der Waals surface area contributed by atoms with Crippen LogP contribution >= 0.6 is 0 Å². The molecule has 0 bridgehead atoms. The van der Waals surface area contributed by atoms with E-state index in [1.165, 1.54) is 18.9 Å². The molecule has 3 aliphatic rings. The number of hydrogen-bond acceptors (Lipinski definition) is 4. The molecule has 1 N–H and O–H groups in total. The number of amides is 1. The third-order valence-electron chi connectivity index (χ3n) is 7.36. The molecule has 0 aromatic rings. The van der Waals surface area contributed by atoms with Gasteiger partial charge in [0.2, 0.25) is 5.91 Å². The Hall–Kier alpha value is -1.49. The third-order valence-corrected chi connectivity index (χ3v) is 7.36. The minimum atomic E-state index is -1.27. The molecule has 26 heavy (non-hydrogen) atoms. The molecule has 0 spiro atoms. The zero-order valence-electron chi connectivity index (χ0n) is 16.4. The van der Waals surface area contributed by atoms with Crippen molar-refractivity contribution in [2.24, 2.45) is 35.0 Å². The van der Waals surface area contributed by atoms with Crippen molar-refractivity contribution in [1.82, 2.24) is 4.90 Å². The summed E-state index contributed by atoms with van der Waals surface area (Å²) < 4.78 is 0. The molecule has 0 unspecified atom stereocenters. The highest BCUT2D eigenvalue weighted by molar-refractivity contribution is 6.25. The van der Waals surface area contributed by atoms with Crippen LogP contribution in [0, 0.1) is 35.0 Å². The molecule has 8 atom stereocenters. The Morgan fingerprint density at radius 1 is 1.27 bits per heavy atom. The number of fused-ring (bicyclic) bond motifs is 1. The Morgan fingerprint density at radius 2 is 1.92 bits per heavy atom. The predicted octanol–water partition coefficient (Wildman–Crippen LogP) is 2.23. The van der Waals surface area contributed by atoms with Gasteiger partial charge in [-0.2, -0.15) is 0 Å². The molecule has 2 fully saturated rings. The number of carbonyl (C=O) groups is 3. The van der Waals surface area contributed by atoms with Crippen molar-refractivity contribution in [2.75, 3.05) is 7.05 Å². The second kappa shape index (κ2) is 6.59. The lowest BCUT2D eigenvalue weighted by Crippen LogP contribution is -2.52. The molecular weight excluding hydrogens is 330 g/mol. The van der Waals surface area contributed by atoms with Gasteiger partial charge in [0.15, 0.2) is 17.5 Å². The van der Waals surface area contributed by atoms with Gasteiger partial charge in [-0.25, -0.2) is 0 Å². The van der Waals surface area contributed by atoms with E-state index in [1.54, 1.807) is 0 Å². The van der Waals surface area contributed by atoms with E-state index in [0.717, 1.165) is 19.3 Å². The first-order chi connectivity index (χ1) is 12.1. The summed E-state index contributed by atoms with van der Waals surface area (Å²) in [7, 11) is 1.50. The molecule has 1 saturated carbocycles. The fourth-order valence-electron chi connectivity index (χ4n) is 5.57. The molecule has 1 heterocycles. The predicted molar refractivity (Wildman–Crippen MR) is 98.1 cm³/mol. The summed E-state index contributed by atoms with van der Waals surface area (Å²) in [6.45, 7) is 7.70. The maximum Gasteiger partial charge on any atom is 0.241 e. The molecule has 144 valence electrons. The zero-order chi connectivity index (χ0) is 19.4. The van der Waals surface area contributed by atoms with Crippen LogP contribution < -0.4 is 0 Å². The molecule has 5 heteroatoms. The highest BCUT2D eigenvalue weighted by Gasteiger charge is 2.59. The first-order valence-corrected chi connectivity index (χ1v) is 9.81. The molecule has 1 aliphatic heterocycles. The maximum atomic E-state index is 13.6. The van der Waals surface area contributed by atoms with E-state index in [2.05, 4.69) is 19.1 Å². The Labute approximate surface area is 155 Å². The van der Waals surface area contributed by atoms with Crippen LogP contribution in [0.15, 0.2) is 12.2 Å². The van der Waals surface area contributed by atoms with Crippen molar-refractivity contribution < 1.29 is 19.5 Å². The van der Waals surface area contributed by atoms with Gasteiger partial charge in [-0.15, -0.1) is 0 Å².